The van der Waals surface area contributed by atoms with Gasteiger partial charge in [-0.25, -0.2) is 0 Å². The molecule has 2 N–H and O–H groups in total. The van der Waals surface area contributed by atoms with E-state index in [1.54, 1.807) is 12.1 Å². The van der Waals surface area contributed by atoms with E-state index in [4.69, 9.17) is 4.74 Å². The van der Waals surface area contributed by atoms with Gasteiger partial charge in [-0.05, 0) is 52.4 Å². The highest BCUT2D eigenvalue weighted by Gasteiger charge is 2.59. The van der Waals surface area contributed by atoms with Gasteiger partial charge in [0.05, 0.1) is 11.8 Å². The van der Waals surface area contributed by atoms with E-state index in [2.05, 4.69) is 5.32 Å². The van der Waals surface area contributed by atoms with Crippen LogP contribution in [0.5, 0.6) is 5.75 Å². The van der Waals surface area contributed by atoms with Crippen molar-refractivity contribution in [3.8, 4) is 16.9 Å². The first kappa shape index (κ1) is 24.6. The fraction of sp³-hybridized carbons (Fsp3) is 0.182. The van der Waals surface area contributed by atoms with Crippen molar-refractivity contribution >= 4 is 23.5 Å². The van der Waals surface area contributed by atoms with Gasteiger partial charge in [0.25, 0.3) is 0 Å². The molecule has 39 heavy (non-hydrogen) atoms. The summed E-state index contributed by atoms with van der Waals surface area (Å²) in [5, 5.41) is 13.1. The number of amides is 1. The molecule has 1 heterocycles. The molecule has 194 valence electrons. The number of rotatable bonds is 6. The maximum absolute atomic E-state index is 13.7. The minimum Gasteiger partial charge on any atom is -0.481 e. The van der Waals surface area contributed by atoms with E-state index in [0.717, 1.165) is 33.5 Å². The summed E-state index contributed by atoms with van der Waals surface area (Å²) >= 11 is 0. The molecule has 1 saturated carbocycles. The summed E-state index contributed by atoms with van der Waals surface area (Å²) in [6, 6.07) is 31.9. The number of carbonyl (C=O) groups excluding carboxylic acids is 2. The summed E-state index contributed by atoms with van der Waals surface area (Å²) in [6.07, 6.45) is 1.19. The predicted octanol–water partition coefficient (Wildman–Crippen LogP) is 6.04. The topological polar surface area (TPSA) is 92.7 Å². The largest absolute Gasteiger partial charge is 0.481 e. The molecule has 1 fully saturated rings. The van der Waals surface area contributed by atoms with Gasteiger partial charge >= 0.3 is 11.9 Å². The summed E-state index contributed by atoms with van der Waals surface area (Å²) in [4.78, 5) is 38.0. The fourth-order valence-corrected chi connectivity index (χ4v) is 6.00. The zero-order valence-corrected chi connectivity index (χ0v) is 21.1. The molecular weight excluding hydrogens is 490 g/mol. The molecule has 2 aliphatic rings. The first-order chi connectivity index (χ1) is 19.0. The van der Waals surface area contributed by atoms with E-state index in [1.165, 1.54) is 0 Å². The van der Waals surface area contributed by atoms with Crippen LogP contribution in [-0.4, -0.2) is 23.0 Å². The van der Waals surface area contributed by atoms with E-state index < -0.39 is 35.6 Å². The number of hydrogen-bond acceptors (Lipinski definition) is 4. The number of aliphatic carboxylic acids is 1. The average Bonchev–Trinajstić information content (AvgIpc) is 2.93. The highest BCUT2D eigenvalue weighted by atomic mass is 16.5. The third kappa shape index (κ3) is 4.70. The molecule has 1 aliphatic carbocycles. The van der Waals surface area contributed by atoms with Crippen molar-refractivity contribution < 1.29 is 24.2 Å². The van der Waals surface area contributed by atoms with E-state index >= 15 is 0 Å². The molecule has 6 heteroatoms. The molecule has 6 nitrogen and oxygen atoms in total. The Morgan fingerprint density at radius 1 is 0.718 bits per heavy atom. The van der Waals surface area contributed by atoms with Crippen molar-refractivity contribution in [3.05, 3.63) is 120 Å². The van der Waals surface area contributed by atoms with Gasteiger partial charge in [-0.3, -0.25) is 14.4 Å². The number of hydrogen-bond donors (Lipinski definition) is 2. The first-order valence-corrected chi connectivity index (χ1v) is 13.1. The molecular formula is C33H27NO5. The van der Waals surface area contributed by atoms with Crippen LogP contribution in [0.3, 0.4) is 0 Å². The first-order valence-electron chi connectivity index (χ1n) is 13.1. The molecule has 0 saturated heterocycles. The van der Waals surface area contributed by atoms with E-state index in [1.807, 2.05) is 91.0 Å². The van der Waals surface area contributed by atoms with Crippen LogP contribution >= 0.6 is 0 Å². The molecule has 0 aromatic heterocycles. The summed E-state index contributed by atoms with van der Waals surface area (Å²) in [7, 11) is 0. The molecule has 6 rings (SSSR count). The number of fused-ring (bicyclic) bond motifs is 1. The van der Waals surface area contributed by atoms with Crippen LogP contribution in [0.1, 0.15) is 34.9 Å². The minimum atomic E-state index is -0.928. The highest BCUT2D eigenvalue weighted by molar-refractivity contribution is 5.95. The zero-order valence-electron chi connectivity index (χ0n) is 21.1. The van der Waals surface area contributed by atoms with E-state index in [0.29, 0.717) is 18.6 Å². The quantitative estimate of drug-likeness (QED) is 0.240. The molecule has 1 aliphatic heterocycles. The monoisotopic (exact) mass is 517 g/mol. The Hall–Kier alpha value is -4.71. The molecule has 0 bridgehead atoms. The lowest BCUT2D eigenvalue weighted by molar-refractivity contribution is -0.158. The zero-order chi connectivity index (χ0) is 26.9. The summed E-state index contributed by atoms with van der Waals surface area (Å²) in [6.45, 7) is 0. The number of nitrogens with one attached hydrogen (secondary N) is 1. The van der Waals surface area contributed by atoms with Crippen LogP contribution in [0.25, 0.3) is 11.1 Å². The number of aryl methyl sites for hydroxylation is 1. The van der Waals surface area contributed by atoms with E-state index in [9.17, 15) is 19.5 Å². The Kier molecular flexibility index (Phi) is 6.45. The van der Waals surface area contributed by atoms with Crippen molar-refractivity contribution in [2.45, 2.75) is 24.7 Å². The van der Waals surface area contributed by atoms with Gasteiger partial charge in [0.15, 0.2) is 0 Å². The third-order valence-electron chi connectivity index (χ3n) is 7.87. The smallest absolute Gasteiger partial charge is 0.315 e. The molecule has 2 unspecified atom stereocenters. The Labute approximate surface area is 226 Å². The molecule has 1 amide bonds. The van der Waals surface area contributed by atoms with Crippen LogP contribution in [0.2, 0.25) is 0 Å². The van der Waals surface area contributed by atoms with E-state index in [-0.39, 0.29) is 5.91 Å². The fourth-order valence-electron chi connectivity index (χ4n) is 6.00. The van der Waals surface area contributed by atoms with Gasteiger partial charge in [0, 0.05) is 23.9 Å². The van der Waals surface area contributed by atoms with Gasteiger partial charge in [0.2, 0.25) is 5.91 Å². The number of carboxylic acid groups (broad SMARTS) is 1. The Balaban J connectivity index is 1.31. The lowest BCUT2D eigenvalue weighted by Gasteiger charge is -2.48. The van der Waals surface area contributed by atoms with Crippen molar-refractivity contribution in [2.24, 2.45) is 11.8 Å². The summed E-state index contributed by atoms with van der Waals surface area (Å²) in [5.74, 6) is -3.40. The Morgan fingerprint density at radius 2 is 1.36 bits per heavy atom. The lowest BCUT2D eigenvalue weighted by atomic mass is 9.52. The van der Waals surface area contributed by atoms with Crippen LogP contribution in [-0.2, 0) is 20.8 Å². The van der Waals surface area contributed by atoms with Gasteiger partial charge in [-0.15, -0.1) is 0 Å². The number of benzene rings is 4. The predicted molar refractivity (Wildman–Crippen MR) is 147 cm³/mol. The SMILES string of the molecule is O=C1CCc2ccc(-c3cccc(OC(=O)C4C(c5ccccc5)C(C(=O)O)C4c4ccccc4)c3)cc2N1. The number of anilines is 1. The second-order valence-electron chi connectivity index (χ2n) is 10.1. The summed E-state index contributed by atoms with van der Waals surface area (Å²) in [5.41, 5.74) is 5.26. The number of carboxylic acids is 1. The van der Waals surface area contributed by atoms with Crippen molar-refractivity contribution in [3.63, 3.8) is 0 Å². The van der Waals surface area contributed by atoms with Crippen LogP contribution in [0, 0.1) is 11.8 Å². The third-order valence-corrected chi connectivity index (χ3v) is 7.87. The number of ether oxygens (including phenoxy) is 1. The normalized spacial score (nSPS) is 21.7. The van der Waals surface area contributed by atoms with Crippen molar-refractivity contribution in [1.82, 2.24) is 0 Å². The molecule has 4 aromatic rings. The lowest BCUT2D eigenvalue weighted by Crippen LogP contribution is -2.52. The average molecular weight is 518 g/mol. The second kappa shape index (κ2) is 10.2. The van der Waals surface area contributed by atoms with Crippen LogP contribution in [0.15, 0.2) is 103 Å². The van der Waals surface area contributed by atoms with Gasteiger partial charge < -0.3 is 15.2 Å². The molecule has 4 aromatic carbocycles. The standard InChI is InChI=1S/C33H27NO5/c35-27-17-16-20-14-15-24(19-26(20)34-27)23-12-7-13-25(18-23)39-33(38)31-28(21-8-3-1-4-9-21)30(32(36)37)29(31)22-10-5-2-6-11-22/h1-15,18-19,28-31H,16-17H2,(H,34,35)(H,36,37). The molecule has 0 radical (unpaired) electrons. The Bertz CT molecular complexity index is 1500. The van der Waals surface area contributed by atoms with Gasteiger partial charge in [0.1, 0.15) is 5.75 Å². The molecule has 2 atom stereocenters. The van der Waals surface area contributed by atoms with Gasteiger partial charge in [-0.2, -0.15) is 0 Å². The van der Waals surface area contributed by atoms with Crippen molar-refractivity contribution in [1.29, 1.82) is 0 Å². The van der Waals surface area contributed by atoms with Crippen LogP contribution in [0.4, 0.5) is 5.69 Å². The van der Waals surface area contributed by atoms with Gasteiger partial charge in [-0.1, -0.05) is 84.9 Å². The Morgan fingerprint density at radius 3 is 2.00 bits per heavy atom. The maximum atomic E-state index is 13.7. The molecule has 0 spiro atoms. The maximum Gasteiger partial charge on any atom is 0.315 e. The van der Waals surface area contributed by atoms with Crippen molar-refractivity contribution in [2.75, 3.05) is 5.32 Å². The highest BCUT2D eigenvalue weighted by Crippen LogP contribution is 2.58. The van der Waals surface area contributed by atoms with Crippen LogP contribution < -0.4 is 10.1 Å². The summed E-state index contributed by atoms with van der Waals surface area (Å²) < 4.78 is 5.94. The number of esters is 1. The minimum absolute atomic E-state index is 0.00318. The number of carbonyl (C=O) groups is 3. The second-order valence-corrected chi connectivity index (χ2v) is 10.1.